The fourth-order valence-corrected chi connectivity index (χ4v) is 3.38. The van der Waals surface area contributed by atoms with Crippen molar-refractivity contribution in [2.75, 3.05) is 24.1 Å². The van der Waals surface area contributed by atoms with Crippen molar-refractivity contribution in [3.05, 3.63) is 6.33 Å². The largest absolute Gasteiger partial charge is 0.368 e. The van der Waals surface area contributed by atoms with Crippen molar-refractivity contribution in [3.63, 3.8) is 0 Å². The SMILES string of the molecule is Nc1nc(NC2CCN3CCCC23)c2[nH]cnc2n1. The van der Waals surface area contributed by atoms with Crippen molar-refractivity contribution < 1.29 is 0 Å². The molecule has 2 aromatic heterocycles. The van der Waals surface area contributed by atoms with Gasteiger partial charge in [-0.05, 0) is 25.8 Å². The molecule has 4 rings (SSSR count). The Kier molecular flexibility index (Phi) is 2.34. The van der Waals surface area contributed by atoms with Gasteiger partial charge in [-0.2, -0.15) is 9.97 Å². The van der Waals surface area contributed by atoms with Gasteiger partial charge in [0.25, 0.3) is 0 Å². The van der Waals surface area contributed by atoms with E-state index in [-0.39, 0.29) is 5.95 Å². The topological polar surface area (TPSA) is 95.8 Å². The van der Waals surface area contributed by atoms with Gasteiger partial charge in [0.1, 0.15) is 5.52 Å². The van der Waals surface area contributed by atoms with Gasteiger partial charge in [-0.1, -0.05) is 0 Å². The van der Waals surface area contributed by atoms with Crippen LogP contribution in [0, 0.1) is 0 Å². The van der Waals surface area contributed by atoms with Crippen LogP contribution in [0.1, 0.15) is 19.3 Å². The zero-order valence-electron chi connectivity index (χ0n) is 10.6. The van der Waals surface area contributed by atoms with E-state index in [1.165, 1.54) is 25.9 Å². The Balaban J connectivity index is 1.66. The summed E-state index contributed by atoms with van der Waals surface area (Å²) in [5, 5.41) is 3.54. The van der Waals surface area contributed by atoms with Crippen molar-refractivity contribution in [3.8, 4) is 0 Å². The summed E-state index contributed by atoms with van der Waals surface area (Å²) in [7, 11) is 0. The lowest BCUT2D eigenvalue weighted by Crippen LogP contribution is -2.34. The highest BCUT2D eigenvalue weighted by Gasteiger charge is 2.37. The third kappa shape index (κ3) is 1.73. The van der Waals surface area contributed by atoms with Crippen LogP contribution in [0.3, 0.4) is 0 Å². The Bertz CT molecular complexity index is 607. The molecule has 0 spiro atoms. The molecule has 2 fully saturated rings. The van der Waals surface area contributed by atoms with Crippen molar-refractivity contribution >= 4 is 22.9 Å². The van der Waals surface area contributed by atoms with Gasteiger partial charge >= 0.3 is 0 Å². The number of hydrogen-bond acceptors (Lipinski definition) is 6. The molecule has 0 aromatic carbocycles. The van der Waals surface area contributed by atoms with E-state index in [0.717, 1.165) is 17.8 Å². The number of hydrogen-bond donors (Lipinski definition) is 3. The molecule has 2 saturated heterocycles. The van der Waals surface area contributed by atoms with Crippen LogP contribution in [0.2, 0.25) is 0 Å². The highest BCUT2D eigenvalue weighted by atomic mass is 15.3. The van der Waals surface area contributed by atoms with Crippen LogP contribution < -0.4 is 11.1 Å². The van der Waals surface area contributed by atoms with Crippen LogP contribution in [0.4, 0.5) is 11.8 Å². The fraction of sp³-hybridized carbons (Fsp3) is 0.583. The van der Waals surface area contributed by atoms with Gasteiger partial charge in [-0.3, -0.25) is 4.90 Å². The van der Waals surface area contributed by atoms with Crippen LogP contribution in [0.25, 0.3) is 11.2 Å². The molecule has 7 heteroatoms. The molecule has 0 saturated carbocycles. The summed E-state index contributed by atoms with van der Waals surface area (Å²) in [6.45, 7) is 2.41. The number of rotatable bonds is 2. The lowest BCUT2D eigenvalue weighted by molar-refractivity contribution is 0.318. The van der Waals surface area contributed by atoms with E-state index in [1.807, 2.05) is 0 Å². The van der Waals surface area contributed by atoms with E-state index < -0.39 is 0 Å². The zero-order chi connectivity index (χ0) is 12.8. The molecule has 7 nitrogen and oxygen atoms in total. The Morgan fingerprint density at radius 3 is 3.21 bits per heavy atom. The molecule has 19 heavy (non-hydrogen) atoms. The average Bonchev–Trinajstić information content (AvgIpc) is 3.05. The molecule has 0 bridgehead atoms. The number of anilines is 2. The van der Waals surface area contributed by atoms with Crippen molar-refractivity contribution in [2.24, 2.45) is 0 Å². The maximum Gasteiger partial charge on any atom is 0.224 e. The van der Waals surface area contributed by atoms with Crippen LogP contribution in [-0.4, -0.2) is 50.0 Å². The Morgan fingerprint density at radius 2 is 2.26 bits per heavy atom. The number of aromatic nitrogens is 4. The smallest absolute Gasteiger partial charge is 0.224 e. The van der Waals surface area contributed by atoms with Crippen LogP contribution >= 0.6 is 0 Å². The first-order valence-electron chi connectivity index (χ1n) is 6.78. The summed E-state index contributed by atoms with van der Waals surface area (Å²) in [6, 6.07) is 1.08. The zero-order valence-corrected chi connectivity index (χ0v) is 10.6. The minimum absolute atomic E-state index is 0.267. The lowest BCUT2D eigenvalue weighted by Gasteiger charge is -2.21. The summed E-state index contributed by atoms with van der Waals surface area (Å²) in [6.07, 6.45) is 5.35. The quantitative estimate of drug-likeness (QED) is 0.730. The second-order valence-electron chi connectivity index (χ2n) is 5.32. The maximum absolute atomic E-state index is 5.74. The van der Waals surface area contributed by atoms with E-state index in [1.54, 1.807) is 6.33 Å². The summed E-state index contributed by atoms with van der Waals surface area (Å²) >= 11 is 0. The standard InChI is InChI=1S/C12H17N7/c13-12-17-10-9(14-6-15-10)11(18-12)16-7-3-5-19-4-1-2-8(7)19/h6-8H,1-5H2,(H4,13,14,15,16,17,18). The van der Waals surface area contributed by atoms with Gasteiger partial charge in [0.05, 0.1) is 6.33 Å². The number of nitrogens with two attached hydrogens (primary N) is 1. The lowest BCUT2D eigenvalue weighted by atomic mass is 10.1. The van der Waals surface area contributed by atoms with E-state index in [0.29, 0.717) is 17.7 Å². The minimum atomic E-state index is 0.267. The van der Waals surface area contributed by atoms with Crippen LogP contribution in [0.5, 0.6) is 0 Å². The van der Waals surface area contributed by atoms with E-state index in [4.69, 9.17) is 5.73 Å². The van der Waals surface area contributed by atoms with Crippen molar-refractivity contribution in [1.82, 2.24) is 24.8 Å². The molecular formula is C12H17N7. The fourth-order valence-electron chi connectivity index (χ4n) is 3.38. The summed E-state index contributed by atoms with van der Waals surface area (Å²) in [4.78, 5) is 18.2. The average molecular weight is 259 g/mol. The third-order valence-electron chi connectivity index (χ3n) is 4.23. The number of nitrogens with zero attached hydrogens (tertiary/aromatic N) is 4. The number of nitrogen functional groups attached to an aromatic ring is 1. The highest BCUT2D eigenvalue weighted by molar-refractivity contribution is 5.83. The van der Waals surface area contributed by atoms with Crippen molar-refractivity contribution in [2.45, 2.75) is 31.3 Å². The number of imidazole rings is 1. The molecular weight excluding hydrogens is 242 g/mol. The van der Waals surface area contributed by atoms with Crippen molar-refractivity contribution in [1.29, 1.82) is 0 Å². The Hall–Kier alpha value is -1.89. The van der Waals surface area contributed by atoms with Gasteiger partial charge in [-0.25, -0.2) is 4.98 Å². The Labute approximate surface area is 110 Å². The molecule has 2 aromatic rings. The number of nitrogens with one attached hydrogen (secondary N) is 2. The molecule has 2 atom stereocenters. The van der Waals surface area contributed by atoms with E-state index in [9.17, 15) is 0 Å². The van der Waals surface area contributed by atoms with E-state index in [2.05, 4.69) is 30.2 Å². The predicted octanol–water partition coefficient (Wildman–Crippen LogP) is 0.584. The predicted molar refractivity (Wildman–Crippen MR) is 72.7 cm³/mol. The van der Waals surface area contributed by atoms with Gasteiger partial charge in [0, 0.05) is 18.6 Å². The van der Waals surface area contributed by atoms with Gasteiger partial charge in [-0.15, -0.1) is 0 Å². The second kappa shape index (κ2) is 4.06. The van der Waals surface area contributed by atoms with Gasteiger partial charge in [0.2, 0.25) is 5.95 Å². The molecule has 4 N–H and O–H groups in total. The number of H-pyrrole nitrogens is 1. The first-order chi connectivity index (χ1) is 9.31. The maximum atomic E-state index is 5.74. The second-order valence-corrected chi connectivity index (χ2v) is 5.32. The first kappa shape index (κ1) is 11.0. The molecule has 0 radical (unpaired) electrons. The normalized spacial score (nSPS) is 26.9. The summed E-state index contributed by atoms with van der Waals surface area (Å²) in [5.41, 5.74) is 7.20. The molecule has 2 aliphatic heterocycles. The molecule has 2 unspecified atom stereocenters. The molecule has 0 amide bonds. The van der Waals surface area contributed by atoms with Crippen LogP contribution in [0.15, 0.2) is 6.33 Å². The molecule has 0 aliphatic carbocycles. The van der Waals surface area contributed by atoms with Gasteiger partial charge in [0.15, 0.2) is 11.5 Å². The first-order valence-corrected chi connectivity index (χ1v) is 6.78. The molecule has 100 valence electrons. The molecule has 4 heterocycles. The van der Waals surface area contributed by atoms with Crippen LogP contribution in [-0.2, 0) is 0 Å². The number of aromatic amines is 1. The minimum Gasteiger partial charge on any atom is -0.368 e. The summed E-state index contributed by atoms with van der Waals surface area (Å²) < 4.78 is 0. The summed E-state index contributed by atoms with van der Waals surface area (Å²) in [5.74, 6) is 1.04. The highest BCUT2D eigenvalue weighted by Crippen LogP contribution is 2.30. The van der Waals surface area contributed by atoms with E-state index >= 15 is 0 Å². The number of fused-ring (bicyclic) bond motifs is 2. The molecule has 2 aliphatic rings. The Morgan fingerprint density at radius 1 is 1.32 bits per heavy atom. The van der Waals surface area contributed by atoms with Gasteiger partial charge < -0.3 is 16.0 Å². The third-order valence-corrected chi connectivity index (χ3v) is 4.23. The monoisotopic (exact) mass is 259 g/mol.